The van der Waals surface area contributed by atoms with E-state index in [2.05, 4.69) is 5.32 Å². The summed E-state index contributed by atoms with van der Waals surface area (Å²) in [6, 6.07) is 5.97. The fourth-order valence-electron chi connectivity index (χ4n) is 1.85. The molecule has 0 saturated carbocycles. The minimum atomic E-state index is -0.742. The van der Waals surface area contributed by atoms with Crippen LogP contribution in [0.15, 0.2) is 24.3 Å². The SMILES string of the molecule is CCOC(=O)C(CC)(CC)Nc1ccc(F)cc1. The number of carbonyl (C=O) groups is 1. The molecule has 4 heteroatoms. The van der Waals surface area contributed by atoms with E-state index in [4.69, 9.17) is 4.74 Å². The third-order valence-electron chi connectivity index (χ3n) is 3.10. The third kappa shape index (κ3) is 3.22. The van der Waals surface area contributed by atoms with Crippen molar-refractivity contribution in [3.63, 3.8) is 0 Å². The summed E-state index contributed by atoms with van der Waals surface area (Å²) < 4.78 is 18.0. The fraction of sp³-hybridized carbons (Fsp3) is 0.500. The zero-order valence-corrected chi connectivity index (χ0v) is 11.1. The first-order valence-corrected chi connectivity index (χ1v) is 6.29. The summed E-state index contributed by atoms with van der Waals surface area (Å²) in [6.45, 7) is 5.99. The van der Waals surface area contributed by atoms with E-state index in [0.717, 1.165) is 0 Å². The van der Waals surface area contributed by atoms with Crippen molar-refractivity contribution in [1.29, 1.82) is 0 Å². The monoisotopic (exact) mass is 253 g/mol. The Balaban J connectivity index is 2.91. The Morgan fingerprint density at radius 2 is 1.78 bits per heavy atom. The second kappa shape index (κ2) is 6.38. The number of anilines is 1. The summed E-state index contributed by atoms with van der Waals surface area (Å²) in [5.74, 6) is -0.561. The van der Waals surface area contributed by atoms with Crippen molar-refractivity contribution in [3.8, 4) is 0 Å². The molecular weight excluding hydrogens is 233 g/mol. The molecule has 0 aliphatic heterocycles. The molecule has 0 aliphatic rings. The normalized spacial score (nSPS) is 11.1. The van der Waals surface area contributed by atoms with Crippen molar-refractivity contribution in [2.75, 3.05) is 11.9 Å². The molecule has 1 rings (SSSR count). The molecule has 18 heavy (non-hydrogen) atoms. The van der Waals surface area contributed by atoms with E-state index in [0.29, 0.717) is 25.1 Å². The molecule has 0 bridgehead atoms. The summed E-state index contributed by atoms with van der Waals surface area (Å²) >= 11 is 0. The Kier molecular flexibility index (Phi) is 5.13. The number of carbonyl (C=O) groups excluding carboxylic acids is 1. The number of ether oxygens (including phenoxy) is 1. The topological polar surface area (TPSA) is 38.3 Å². The maximum Gasteiger partial charge on any atom is 0.331 e. The molecule has 0 radical (unpaired) electrons. The third-order valence-corrected chi connectivity index (χ3v) is 3.10. The lowest BCUT2D eigenvalue weighted by Crippen LogP contribution is -2.46. The summed E-state index contributed by atoms with van der Waals surface area (Å²) in [5.41, 5.74) is -0.0263. The average molecular weight is 253 g/mol. The Morgan fingerprint density at radius 3 is 2.22 bits per heavy atom. The number of rotatable bonds is 6. The van der Waals surface area contributed by atoms with Gasteiger partial charge < -0.3 is 10.1 Å². The zero-order chi connectivity index (χ0) is 13.6. The predicted octanol–water partition coefficient (Wildman–Crippen LogP) is 3.36. The molecule has 0 aliphatic carbocycles. The van der Waals surface area contributed by atoms with Gasteiger partial charge in [-0.25, -0.2) is 9.18 Å². The Hall–Kier alpha value is -1.58. The van der Waals surface area contributed by atoms with Gasteiger partial charge in [0.2, 0.25) is 0 Å². The molecular formula is C14H20FNO2. The lowest BCUT2D eigenvalue weighted by molar-refractivity contribution is -0.148. The largest absolute Gasteiger partial charge is 0.464 e. The lowest BCUT2D eigenvalue weighted by Gasteiger charge is -2.31. The highest BCUT2D eigenvalue weighted by molar-refractivity contribution is 5.84. The zero-order valence-electron chi connectivity index (χ0n) is 11.1. The number of hydrogen-bond acceptors (Lipinski definition) is 3. The molecule has 1 aromatic carbocycles. The highest BCUT2D eigenvalue weighted by atomic mass is 19.1. The fourth-order valence-corrected chi connectivity index (χ4v) is 1.85. The van der Waals surface area contributed by atoms with Crippen LogP contribution >= 0.6 is 0 Å². The number of hydrogen-bond donors (Lipinski definition) is 1. The van der Waals surface area contributed by atoms with E-state index in [1.165, 1.54) is 12.1 Å². The number of esters is 1. The van der Waals surface area contributed by atoms with Crippen molar-refractivity contribution in [3.05, 3.63) is 30.1 Å². The number of benzene rings is 1. The first-order chi connectivity index (χ1) is 8.57. The molecule has 3 nitrogen and oxygen atoms in total. The van der Waals surface area contributed by atoms with Crippen molar-refractivity contribution >= 4 is 11.7 Å². The maximum atomic E-state index is 12.8. The van der Waals surface area contributed by atoms with Crippen molar-refractivity contribution in [2.24, 2.45) is 0 Å². The second-order valence-electron chi connectivity index (χ2n) is 4.14. The molecule has 100 valence electrons. The molecule has 0 spiro atoms. The van der Waals surface area contributed by atoms with Crippen molar-refractivity contribution in [2.45, 2.75) is 39.2 Å². The van der Waals surface area contributed by atoms with Crippen LogP contribution < -0.4 is 5.32 Å². The van der Waals surface area contributed by atoms with E-state index in [1.807, 2.05) is 13.8 Å². The molecule has 1 aromatic rings. The standard InChI is InChI=1S/C14H20FNO2/c1-4-14(5-2,13(17)18-6-3)16-12-9-7-11(15)8-10-12/h7-10,16H,4-6H2,1-3H3. The maximum absolute atomic E-state index is 12.8. The summed E-state index contributed by atoms with van der Waals surface area (Å²) in [5, 5.41) is 3.16. The van der Waals surface area contributed by atoms with Gasteiger partial charge in [0.05, 0.1) is 6.61 Å². The molecule has 0 aromatic heterocycles. The van der Waals surface area contributed by atoms with Crippen LogP contribution in [0.3, 0.4) is 0 Å². The Bertz CT molecular complexity index is 385. The van der Waals surface area contributed by atoms with Crippen LogP contribution in [0.4, 0.5) is 10.1 Å². The predicted molar refractivity (Wildman–Crippen MR) is 70.0 cm³/mol. The number of halogens is 1. The van der Waals surface area contributed by atoms with Gasteiger partial charge in [-0.3, -0.25) is 0 Å². The first-order valence-electron chi connectivity index (χ1n) is 6.29. The van der Waals surface area contributed by atoms with Crippen LogP contribution in [0.25, 0.3) is 0 Å². The van der Waals surface area contributed by atoms with E-state index in [1.54, 1.807) is 19.1 Å². The van der Waals surface area contributed by atoms with Gasteiger partial charge in [-0.2, -0.15) is 0 Å². The van der Waals surface area contributed by atoms with Gasteiger partial charge in [-0.15, -0.1) is 0 Å². The van der Waals surface area contributed by atoms with E-state index in [9.17, 15) is 9.18 Å². The van der Waals surface area contributed by atoms with Gasteiger partial charge in [0.15, 0.2) is 0 Å². The molecule has 0 amide bonds. The average Bonchev–Trinajstić information content (AvgIpc) is 2.38. The molecule has 0 fully saturated rings. The van der Waals surface area contributed by atoms with Gasteiger partial charge in [-0.1, -0.05) is 13.8 Å². The first kappa shape index (κ1) is 14.5. The highest BCUT2D eigenvalue weighted by Crippen LogP contribution is 2.24. The van der Waals surface area contributed by atoms with Gasteiger partial charge in [-0.05, 0) is 44.0 Å². The molecule has 0 saturated heterocycles. The van der Waals surface area contributed by atoms with Gasteiger partial charge >= 0.3 is 5.97 Å². The molecule has 0 unspecified atom stereocenters. The summed E-state index contributed by atoms with van der Waals surface area (Å²) in [6.07, 6.45) is 1.22. The van der Waals surface area contributed by atoms with Crippen LogP contribution in [0.5, 0.6) is 0 Å². The van der Waals surface area contributed by atoms with Crippen LogP contribution in [0, 0.1) is 5.82 Å². The van der Waals surface area contributed by atoms with Crippen LogP contribution in [-0.2, 0) is 9.53 Å². The van der Waals surface area contributed by atoms with Crippen LogP contribution in [0.1, 0.15) is 33.6 Å². The minimum absolute atomic E-state index is 0.265. The highest BCUT2D eigenvalue weighted by Gasteiger charge is 2.36. The van der Waals surface area contributed by atoms with Gasteiger partial charge in [0, 0.05) is 5.69 Å². The van der Waals surface area contributed by atoms with E-state index < -0.39 is 5.54 Å². The van der Waals surface area contributed by atoms with Crippen molar-refractivity contribution in [1.82, 2.24) is 0 Å². The second-order valence-corrected chi connectivity index (χ2v) is 4.14. The lowest BCUT2D eigenvalue weighted by atomic mass is 9.92. The Labute approximate surface area is 107 Å². The van der Waals surface area contributed by atoms with E-state index in [-0.39, 0.29) is 11.8 Å². The Morgan fingerprint density at radius 1 is 1.22 bits per heavy atom. The van der Waals surface area contributed by atoms with Gasteiger partial charge in [0.25, 0.3) is 0 Å². The quantitative estimate of drug-likeness (QED) is 0.790. The summed E-state index contributed by atoms with van der Waals surface area (Å²) in [7, 11) is 0. The molecule has 0 atom stereocenters. The molecule has 0 heterocycles. The molecule has 1 N–H and O–H groups in total. The smallest absolute Gasteiger partial charge is 0.331 e. The van der Waals surface area contributed by atoms with Crippen molar-refractivity contribution < 1.29 is 13.9 Å². The summed E-state index contributed by atoms with van der Waals surface area (Å²) in [4.78, 5) is 12.0. The van der Waals surface area contributed by atoms with Gasteiger partial charge in [0.1, 0.15) is 11.4 Å². The van der Waals surface area contributed by atoms with Crippen LogP contribution in [0.2, 0.25) is 0 Å². The number of nitrogens with one attached hydrogen (secondary N) is 1. The minimum Gasteiger partial charge on any atom is -0.464 e. The van der Waals surface area contributed by atoms with Crippen LogP contribution in [-0.4, -0.2) is 18.1 Å². The van der Waals surface area contributed by atoms with E-state index >= 15 is 0 Å².